The summed E-state index contributed by atoms with van der Waals surface area (Å²) in [5.41, 5.74) is 1.30. The van der Waals surface area contributed by atoms with Crippen molar-refractivity contribution in [2.24, 2.45) is 5.92 Å². The third-order valence-corrected chi connectivity index (χ3v) is 7.79. The van der Waals surface area contributed by atoms with Gasteiger partial charge in [0, 0.05) is 25.2 Å². The van der Waals surface area contributed by atoms with E-state index < -0.39 is 22.0 Å². The molecule has 0 aliphatic carbocycles. The van der Waals surface area contributed by atoms with Crippen LogP contribution < -0.4 is 10.6 Å². The van der Waals surface area contributed by atoms with Crippen LogP contribution in [0.4, 0.5) is 0 Å². The lowest BCUT2D eigenvalue weighted by molar-refractivity contribution is -0.124. The van der Waals surface area contributed by atoms with E-state index in [2.05, 4.69) is 10.6 Å². The maximum absolute atomic E-state index is 13.0. The van der Waals surface area contributed by atoms with E-state index in [0.29, 0.717) is 19.8 Å². The third kappa shape index (κ3) is 6.43. The van der Waals surface area contributed by atoms with Crippen LogP contribution in [0.25, 0.3) is 0 Å². The molecule has 1 aliphatic heterocycles. The Hall–Kier alpha value is -2.75. The number of carbonyl (C=O) groups is 2. The molecular weight excluding hydrogens is 454 g/mol. The molecule has 8 nitrogen and oxygen atoms in total. The van der Waals surface area contributed by atoms with E-state index in [1.807, 2.05) is 51.1 Å². The first-order valence-electron chi connectivity index (χ1n) is 11.5. The highest BCUT2D eigenvalue weighted by Gasteiger charge is 2.28. The Morgan fingerprint density at radius 1 is 1.00 bits per heavy atom. The predicted octanol–water partition coefficient (Wildman–Crippen LogP) is 2.38. The third-order valence-electron chi connectivity index (χ3n) is 5.89. The highest BCUT2D eigenvalue weighted by atomic mass is 32.2. The monoisotopic (exact) mass is 487 g/mol. The number of hydrogen-bond donors (Lipinski definition) is 2. The number of carbonyl (C=O) groups excluding carboxylic acids is 2. The molecule has 2 atom stereocenters. The fourth-order valence-corrected chi connectivity index (χ4v) is 5.21. The van der Waals surface area contributed by atoms with E-state index in [-0.39, 0.29) is 41.3 Å². The van der Waals surface area contributed by atoms with Crippen LogP contribution in [0.3, 0.4) is 0 Å². The van der Waals surface area contributed by atoms with Gasteiger partial charge in [0.05, 0.1) is 18.1 Å². The molecule has 0 spiro atoms. The topological polar surface area (TPSA) is 105 Å². The van der Waals surface area contributed by atoms with Crippen molar-refractivity contribution in [2.75, 3.05) is 32.8 Å². The van der Waals surface area contributed by atoms with Gasteiger partial charge < -0.3 is 15.4 Å². The van der Waals surface area contributed by atoms with E-state index in [1.54, 1.807) is 6.07 Å². The van der Waals surface area contributed by atoms with Gasteiger partial charge in [0.2, 0.25) is 15.9 Å². The lowest BCUT2D eigenvalue weighted by Crippen LogP contribution is -2.50. The van der Waals surface area contributed by atoms with Gasteiger partial charge in [-0.15, -0.1) is 0 Å². The number of hydrogen-bond acceptors (Lipinski definition) is 5. The molecule has 9 heteroatoms. The van der Waals surface area contributed by atoms with E-state index >= 15 is 0 Å². The molecule has 34 heavy (non-hydrogen) atoms. The largest absolute Gasteiger partial charge is 0.379 e. The van der Waals surface area contributed by atoms with Crippen LogP contribution >= 0.6 is 0 Å². The second kappa shape index (κ2) is 11.6. The van der Waals surface area contributed by atoms with Crippen LogP contribution in [0.15, 0.2) is 59.5 Å². The number of nitrogens with one attached hydrogen (secondary N) is 2. The number of ether oxygens (including phenoxy) is 1. The van der Waals surface area contributed by atoms with Crippen molar-refractivity contribution in [3.63, 3.8) is 0 Å². The number of morpholine rings is 1. The first-order chi connectivity index (χ1) is 16.2. The summed E-state index contributed by atoms with van der Waals surface area (Å²) in [6.07, 6.45) is 0. The molecule has 184 valence electrons. The average molecular weight is 488 g/mol. The first kappa shape index (κ1) is 25.9. The molecule has 1 fully saturated rings. The maximum atomic E-state index is 13.0. The SMILES string of the molecule is CC(CNC(=O)[C@@H](NC(=O)c1cccc(S(=O)(=O)N2CCOCC2)c1)C(C)C)c1ccccc1. The van der Waals surface area contributed by atoms with Crippen molar-refractivity contribution in [1.29, 1.82) is 0 Å². The lowest BCUT2D eigenvalue weighted by Gasteiger charge is -2.26. The molecule has 3 rings (SSSR count). The molecule has 2 N–H and O–H groups in total. The lowest BCUT2D eigenvalue weighted by atomic mass is 10.00. The van der Waals surface area contributed by atoms with Gasteiger partial charge in [-0.3, -0.25) is 9.59 Å². The Balaban J connectivity index is 1.67. The molecule has 0 saturated carbocycles. The maximum Gasteiger partial charge on any atom is 0.251 e. The Bertz CT molecular complexity index is 1080. The van der Waals surface area contributed by atoms with Crippen molar-refractivity contribution >= 4 is 21.8 Å². The van der Waals surface area contributed by atoms with Gasteiger partial charge in [0.25, 0.3) is 5.91 Å². The van der Waals surface area contributed by atoms with Crippen LogP contribution in [0.5, 0.6) is 0 Å². The van der Waals surface area contributed by atoms with Crippen LogP contribution in [0.1, 0.15) is 42.6 Å². The molecule has 2 aromatic rings. The molecule has 1 unspecified atom stereocenters. The zero-order valence-corrected chi connectivity index (χ0v) is 20.7. The minimum Gasteiger partial charge on any atom is -0.379 e. The Kier molecular flexibility index (Phi) is 8.82. The number of benzene rings is 2. The summed E-state index contributed by atoms with van der Waals surface area (Å²) in [6, 6.07) is 15.0. The van der Waals surface area contributed by atoms with Gasteiger partial charge in [-0.25, -0.2) is 8.42 Å². The van der Waals surface area contributed by atoms with E-state index in [9.17, 15) is 18.0 Å². The molecule has 0 radical (unpaired) electrons. The zero-order chi connectivity index (χ0) is 24.7. The molecule has 1 aliphatic rings. The number of nitrogens with zero attached hydrogens (tertiary/aromatic N) is 1. The first-order valence-corrected chi connectivity index (χ1v) is 13.0. The Morgan fingerprint density at radius 2 is 1.68 bits per heavy atom. The summed E-state index contributed by atoms with van der Waals surface area (Å²) in [7, 11) is -3.73. The fourth-order valence-electron chi connectivity index (χ4n) is 3.76. The van der Waals surface area contributed by atoms with E-state index in [1.165, 1.54) is 22.5 Å². The number of sulfonamides is 1. The minimum atomic E-state index is -3.73. The normalized spacial score (nSPS) is 16.6. The molecule has 0 bridgehead atoms. The van der Waals surface area contributed by atoms with Gasteiger partial charge in [-0.1, -0.05) is 57.2 Å². The molecule has 0 aromatic heterocycles. The summed E-state index contributed by atoms with van der Waals surface area (Å²) in [5, 5.41) is 5.70. The van der Waals surface area contributed by atoms with Crippen molar-refractivity contribution in [1.82, 2.24) is 14.9 Å². The van der Waals surface area contributed by atoms with Crippen molar-refractivity contribution in [3.8, 4) is 0 Å². The Morgan fingerprint density at radius 3 is 2.32 bits per heavy atom. The standard InChI is InChI=1S/C25H33N3O5S/c1-18(2)23(25(30)26-17-19(3)20-8-5-4-6-9-20)27-24(29)21-10-7-11-22(16-21)34(31,32)28-12-14-33-15-13-28/h4-11,16,18-19,23H,12-15,17H2,1-3H3,(H,26,30)(H,27,29)/t19?,23-/m0/s1. The molecular formula is C25H33N3O5S. The fraction of sp³-hybridized carbons (Fsp3) is 0.440. The second-order valence-corrected chi connectivity index (χ2v) is 10.7. The van der Waals surface area contributed by atoms with Crippen LogP contribution in [-0.4, -0.2) is 63.4 Å². The molecule has 1 heterocycles. The summed E-state index contributed by atoms with van der Waals surface area (Å²) >= 11 is 0. The smallest absolute Gasteiger partial charge is 0.251 e. The summed E-state index contributed by atoms with van der Waals surface area (Å²) in [6.45, 7) is 7.40. The summed E-state index contributed by atoms with van der Waals surface area (Å²) in [4.78, 5) is 25.9. The van der Waals surface area contributed by atoms with Crippen molar-refractivity contribution in [3.05, 3.63) is 65.7 Å². The highest BCUT2D eigenvalue weighted by Crippen LogP contribution is 2.19. The van der Waals surface area contributed by atoms with Crippen LogP contribution in [0.2, 0.25) is 0 Å². The minimum absolute atomic E-state index is 0.0456. The highest BCUT2D eigenvalue weighted by molar-refractivity contribution is 7.89. The number of amides is 2. The summed E-state index contributed by atoms with van der Waals surface area (Å²) < 4.78 is 32.5. The summed E-state index contributed by atoms with van der Waals surface area (Å²) in [5.74, 6) is -0.806. The van der Waals surface area contributed by atoms with Gasteiger partial charge in [0.15, 0.2) is 0 Å². The average Bonchev–Trinajstić information content (AvgIpc) is 2.86. The van der Waals surface area contributed by atoms with Crippen molar-refractivity contribution < 1.29 is 22.7 Å². The number of rotatable bonds is 9. The molecule has 1 saturated heterocycles. The Labute approximate surface area is 201 Å². The van der Waals surface area contributed by atoms with E-state index in [0.717, 1.165) is 5.56 Å². The molecule has 2 aromatic carbocycles. The quantitative estimate of drug-likeness (QED) is 0.565. The van der Waals surface area contributed by atoms with Crippen molar-refractivity contribution in [2.45, 2.75) is 37.6 Å². The van der Waals surface area contributed by atoms with Gasteiger partial charge in [0.1, 0.15) is 6.04 Å². The van der Waals surface area contributed by atoms with Crippen LogP contribution in [-0.2, 0) is 19.6 Å². The van der Waals surface area contributed by atoms with Crippen LogP contribution in [0, 0.1) is 5.92 Å². The second-order valence-electron chi connectivity index (χ2n) is 8.80. The van der Waals surface area contributed by atoms with Gasteiger partial charge in [-0.2, -0.15) is 4.31 Å². The van der Waals surface area contributed by atoms with E-state index in [4.69, 9.17) is 4.74 Å². The van der Waals surface area contributed by atoms with Gasteiger partial charge >= 0.3 is 0 Å². The molecule has 2 amide bonds. The zero-order valence-electron chi connectivity index (χ0n) is 19.9. The van der Waals surface area contributed by atoms with Gasteiger partial charge in [-0.05, 0) is 35.6 Å². The predicted molar refractivity (Wildman–Crippen MR) is 130 cm³/mol.